The monoisotopic (exact) mass is 456 g/mol. The number of methoxy groups -OCH3 is 1. The number of nitrogens with one attached hydrogen (secondary N) is 1. The Morgan fingerprint density at radius 3 is 2.38 bits per heavy atom. The number of ether oxygens (including phenoxy) is 1. The van der Waals surface area contributed by atoms with Crippen LogP contribution in [0.5, 0.6) is 5.75 Å². The SMILES string of the molecule is COc1ccc(CCNC(=O)C2CCC(c3ccccc3)N(Cc3ccc(C)c(C)c3)C2)cc1. The second-order valence-electron chi connectivity index (χ2n) is 9.44. The molecule has 2 atom stereocenters. The van der Waals surface area contributed by atoms with Crippen LogP contribution in [-0.2, 0) is 17.8 Å². The number of benzene rings is 3. The van der Waals surface area contributed by atoms with Gasteiger partial charge in [0, 0.05) is 25.7 Å². The van der Waals surface area contributed by atoms with Gasteiger partial charge < -0.3 is 10.1 Å². The summed E-state index contributed by atoms with van der Waals surface area (Å²) in [6.45, 7) is 6.61. The van der Waals surface area contributed by atoms with Gasteiger partial charge in [-0.3, -0.25) is 9.69 Å². The van der Waals surface area contributed by atoms with E-state index in [1.54, 1.807) is 7.11 Å². The predicted molar refractivity (Wildman–Crippen MR) is 138 cm³/mol. The van der Waals surface area contributed by atoms with Gasteiger partial charge in [0.15, 0.2) is 0 Å². The maximum atomic E-state index is 13.1. The second-order valence-corrected chi connectivity index (χ2v) is 9.44. The summed E-state index contributed by atoms with van der Waals surface area (Å²) in [5, 5.41) is 3.19. The Morgan fingerprint density at radius 2 is 1.68 bits per heavy atom. The molecule has 1 amide bonds. The molecule has 0 aliphatic carbocycles. The normalized spacial score (nSPS) is 18.4. The van der Waals surface area contributed by atoms with E-state index in [0.29, 0.717) is 12.6 Å². The molecule has 3 aromatic rings. The van der Waals surface area contributed by atoms with Gasteiger partial charge in [0.2, 0.25) is 5.91 Å². The van der Waals surface area contributed by atoms with Gasteiger partial charge in [0.25, 0.3) is 0 Å². The molecule has 1 fully saturated rings. The fourth-order valence-electron chi connectivity index (χ4n) is 4.89. The zero-order chi connectivity index (χ0) is 23.9. The lowest BCUT2D eigenvalue weighted by Crippen LogP contribution is -2.44. The van der Waals surface area contributed by atoms with E-state index < -0.39 is 0 Å². The highest BCUT2D eigenvalue weighted by Crippen LogP contribution is 2.34. The van der Waals surface area contributed by atoms with Crippen molar-refractivity contribution in [3.8, 4) is 5.75 Å². The Balaban J connectivity index is 1.40. The molecule has 178 valence electrons. The molecule has 0 bridgehead atoms. The first-order valence-electron chi connectivity index (χ1n) is 12.3. The van der Waals surface area contributed by atoms with Gasteiger partial charge in [-0.2, -0.15) is 0 Å². The van der Waals surface area contributed by atoms with Crippen LogP contribution in [0.4, 0.5) is 0 Å². The first-order valence-corrected chi connectivity index (χ1v) is 12.3. The molecule has 1 heterocycles. The van der Waals surface area contributed by atoms with Crippen LogP contribution in [0.15, 0.2) is 72.8 Å². The van der Waals surface area contributed by atoms with Crippen molar-refractivity contribution in [2.24, 2.45) is 5.92 Å². The third kappa shape index (κ3) is 6.06. The Labute approximate surface area is 204 Å². The van der Waals surface area contributed by atoms with E-state index in [1.807, 2.05) is 12.1 Å². The molecule has 3 aromatic carbocycles. The molecular formula is C30H36N2O2. The molecule has 0 aromatic heterocycles. The van der Waals surface area contributed by atoms with Gasteiger partial charge in [-0.15, -0.1) is 0 Å². The van der Waals surface area contributed by atoms with E-state index in [1.165, 1.54) is 27.8 Å². The molecule has 4 heteroatoms. The minimum atomic E-state index is 0.0161. The largest absolute Gasteiger partial charge is 0.497 e. The van der Waals surface area contributed by atoms with Gasteiger partial charge in [0.05, 0.1) is 13.0 Å². The summed E-state index contributed by atoms with van der Waals surface area (Å²) < 4.78 is 5.22. The van der Waals surface area contributed by atoms with Crippen molar-refractivity contribution in [3.05, 3.63) is 101 Å². The summed E-state index contributed by atoms with van der Waals surface area (Å²) in [4.78, 5) is 15.6. The molecule has 4 rings (SSSR count). The summed E-state index contributed by atoms with van der Waals surface area (Å²) in [7, 11) is 1.67. The lowest BCUT2D eigenvalue weighted by Gasteiger charge is -2.39. The van der Waals surface area contributed by atoms with E-state index >= 15 is 0 Å². The minimum Gasteiger partial charge on any atom is -0.497 e. The minimum absolute atomic E-state index is 0.0161. The highest BCUT2D eigenvalue weighted by Gasteiger charge is 2.32. The standard InChI is InChI=1S/C30H36N2O2/c1-22-9-10-25(19-23(22)2)20-32-21-27(13-16-29(32)26-7-5-4-6-8-26)30(33)31-18-17-24-11-14-28(34-3)15-12-24/h4-12,14-15,19,27,29H,13,16-18,20-21H2,1-3H3,(H,31,33). The second kappa shape index (κ2) is 11.3. The third-order valence-corrected chi connectivity index (χ3v) is 7.07. The van der Waals surface area contributed by atoms with Crippen molar-refractivity contribution in [2.45, 2.75) is 45.7 Å². The average molecular weight is 457 g/mol. The van der Waals surface area contributed by atoms with E-state index in [0.717, 1.165) is 38.1 Å². The number of piperidine rings is 1. The molecule has 0 saturated carbocycles. The van der Waals surface area contributed by atoms with Crippen LogP contribution >= 0.6 is 0 Å². The number of nitrogens with zero attached hydrogens (tertiary/aromatic N) is 1. The number of carbonyl (C=O) groups excluding carboxylic acids is 1. The molecule has 0 radical (unpaired) electrons. The number of likely N-dealkylation sites (tertiary alicyclic amines) is 1. The first-order chi connectivity index (χ1) is 16.5. The number of amides is 1. The first kappa shape index (κ1) is 24.0. The topological polar surface area (TPSA) is 41.6 Å². The van der Waals surface area contributed by atoms with Crippen molar-refractivity contribution in [1.29, 1.82) is 0 Å². The lowest BCUT2D eigenvalue weighted by atomic mass is 9.88. The van der Waals surface area contributed by atoms with Gasteiger partial charge in [-0.25, -0.2) is 0 Å². The van der Waals surface area contributed by atoms with Crippen molar-refractivity contribution in [3.63, 3.8) is 0 Å². The van der Waals surface area contributed by atoms with Crippen LogP contribution < -0.4 is 10.1 Å². The van der Waals surface area contributed by atoms with Crippen molar-refractivity contribution in [2.75, 3.05) is 20.2 Å². The summed E-state index contributed by atoms with van der Waals surface area (Å²) in [5.74, 6) is 1.04. The van der Waals surface area contributed by atoms with Gasteiger partial charge in [0.1, 0.15) is 5.75 Å². The maximum absolute atomic E-state index is 13.1. The zero-order valence-electron chi connectivity index (χ0n) is 20.6. The predicted octanol–water partition coefficient (Wildman–Crippen LogP) is 5.62. The number of carbonyl (C=O) groups is 1. The van der Waals surface area contributed by atoms with Gasteiger partial charge in [-0.1, -0.05) is 60.7 Å². The fraction of sp³-hybridized carbons (Fsp3) is 0.367. The lowest BCUT2D eigenvalue weighted by molar-refractivity contribution is -0.127. The third-order valence-electron chi connectivity index (χ3n) is 7.07. The van der Waals surface area contributed by atoms with E-state index in [9.17, 15) is 4.79 Å². The molecule has 1 aliphatic heterocycles. The Bertz CT molecular complexity index is 1080. The number of aryl methyl sites for hydroxylation is 2. The highest BCUT2D eigenvalue weighted by molar-refractivity contribution is 5.79. The van der Waals surface area contributed by atoms with Gasteiger partial charge >= 0.3 is 0 Å². The van der Waals surface area contributed by atoms with Crippen molar-refractivity contribution in [1.82, 2.24) is 10.2 Å². The number of hydrogen-bond donors (Lipinski definition) is 1. The van der Waals surface area contributed by atoms with Crippen LogP contribution in [0.1, 0.15) is 46.7 Å². The van der Waals surface area contributed by atoms with E-state index in [4.69, 9.17) is 4.74 Å². The number of rotatable bonds is 8. The molecule has 1 saturated heterocycles. The highest BCUT2D eigenvalue weighted by atomic mass is 16.5. The molecule has 0 spiro atoms. The van der Waals surface area contributed by atoms with Crippen LogP contribution in [0.3, 0.4) is 0 Å². The van der Waals surface area contributed by atoms with Crippen LogP contribution in [0.2, 0.25) is 0 Å². The average Bonchev–Trinajstić information content (AvgIpc) is 2.87. The summed E-state index contributed by atoms with van der Waals surface area (Å²) in [5.41, 5.74) is 6.48. The Morgan fingerprint density at radius 1 is 0.941 bits per heavy atom. The fourth-order valence-corrected chi connectivity index (χ4v) is 4.89. The molecule has 1 aliphatic rings. The van der Waals surface area contributed by atoms with Crippen molar-refractivity contribution >= 4 is 5.91 Å². The Hall–Kier alpha value is -3.11. The molecule has 2 unspecified atom stereocenters. The van der Waals surface area contributed by atoms with Crippen LogP contribution in [0.25, 0.3) is 0 Å². The number of hydrogen-bond acceptors (Lipinski definition) is 3. The van der Waals surface area contributed by atoms with Crippen LogP contribution in [-0.4, -0.2) is 31.0 Å². The van der Waals surface area contributed by atoms with Gasteiger partial charge in [-0.05, 0) is 73.1 Å². The smallest absolute Gasteiger partial charge is 0.224 e. The quantitative estimate of drug-likeness (QED) is 0.478. The molecular weight excluding hydrogens is 420 g/mol. The van der Waals surface area contributed by atoms with Crippen LogP contribution in [0, 0.1) is 19.8 Å². The summed E-state index contributed by atoms with van der Waals surface area (Å²) in [6, 6.07) is 25.8. The molecule has 34 heavy (non-hydrogen) atoms. The Kier molecular flexibility index (Phi) is 8.02. The zero-order valence-corrected chi connectivity index (χ0v) is 20.6. The summed E-state index contributed by atoms with van der Waals surface area (Å²) >= 11 is 0. The molecule has 4 nitrogen and oxygen atoms in total. The van der Waals surface area contributed by atoms with Crippen molar-refractivity contribution < 1.29 is 9.53 Å². The van der Waals surface area contributed by atoms with E-state index in [-0.39, 0.29) is 11.8 Å². The maximum Gasteiger partial charge on any atom is 0.224 e. The molecule has 1 N–H and O–H groups in total. The summed E-state index contributed by atoms with van der Waals surface area (Å²) in [6.07, 6.45) is 2.73. The van der Waals surface area contributed by atoms with E-state index in [2.05, 4.69) is 84.7 Å².